The van der Waals surface area contributed by atoms with Crippen LogP contribution in [0.2, 0.25) is 0 Å². The summed E-state index contributed by atoms with van der Waals surface area (Å²) in [6.07, 6.45) is 6.78. The van der Waals surface area contributed by atoms with Gasteiger partial charge in [0.25, 0.3) is 5.91 Å². The largest absolute Gasteiger partial charge is 0.469 e. The van der Waals surface area contributed by atoms with Gasteiger partial charge in [-0.2, -0.15) is 0 Å². The number of carbonyl (C=O) groups is 3. The average molecular weight is 670 g/mol. The van der Waals surface area contributed by atoms with Gasteiger partial charge in [-0.05, 0) is 76.4 Å². The average Bonchev–Trinajstić information content (AvgIpc) is 3.53. The van der Waals surface area contributed by atoms with Gasteiger partial charge in [-0.25, -0.2) is 4.98 Å². The number of methoxy groups -OCH3 is 1. The van der Waals surface area contributed by atoms with Gasteiger partial charge in [0.15, 0.2) is 0 Å². The molecule has 0 unspecified atom stereocenters. The zero-order valence-corrected chi connectivity index (χ0v) is 31.0. The van der Waals surface area contributed by atoms with Gasteiger partial charge in [0.2, 0.25) is 5.91 Å². The van der Waals surface area contributed by atoms with Crippen molar-refractivity contribution in [1.82, 2.24) is 25.4 Å². The third-order valence-corrected chi connectivity index (χ3v) is 11.1. The van der Waals surface area contributed by atoms with Crippen molar-refractivity contribution in [2.45, 2.75) is 117 Å². The molecule has 0 spiro atoms. The van der Waals surface area contributed by atoms with Crippen LogP contribution in [0.3, 0.4) is 0 Å². The molecule has 6 atom stereocenters. The van der Waals surface area contributed by atoms with Gasteiger partial charge in [0.05, 0.1) is 29.7 Å². The number of nitrogens with one attached hydrogen (secondary N) is 2. The van der Waals surface area contributed by atoms with Gasteiger partial charge in [-0.15, -0.1) is 11.3 Å². The van der Waals surface area contributed by atoms with Gasteiger partial charge < -0.3 is 15.0 Å². The number of hydrogen-bond donors (Lipinski definition) is 2. The first-order chi connectivity index (χ1) is 22.3. The number of hydrogen-bond acceptors (Lipinski definition) is 8. The summed E-state index contributed by atoms with van der Waals surface area (Å²) in [6, 6.07) is 9.45. The minimum absolute atomic E-state index is 0.0315. The number of likely N-dealkylation sites (tertiary alicyclic amines) is 1. The van der Waals surface area contributed by atoms with Crippen molar-refractivity contribution in [1.29, 1.82) is 0 Å². The molecular formula is C37H59N5O4S. The van der Waals surface area contributed by atoms with E-state index in [4.69, 9.17) is 9.72 Å². The lowest BCUT2D eigenvalue weighted by molar-refractivity contribution is -0.145. The summed E-state index contributed by atoms with van der Waals surface area (Å²) >= 11 is 1.48. The minimum atomic E-state index is -0.353. The molecule has 47 heavy (non-hydrogen) atoms. The van der Waals surface area contributed by atoms with Crippen LogP contribution in [0.25, 0.3) is 0 Å². The van der Waals surface area contributed by atoms with Crippen LogP contribution < -0.4 is 10.6 Å². The number of thiazole rings is 1. The maximum absolute atomic E-state index is 14.1. The Morgan fingerprint density at radius 2 is 1.83 bits per heavy atom. The summed E-state index contributed by atoms with van der Waals surface area (Å²) in [6.45, 7) is 13.7. The van der Waals surface area contributed by atoms with E-state index in [9.17, 15) is 14.4 Å². The lowest BCUT2D eigenvalue weighted by atomic mass is 9.90. The number of carbonyl (C=O) groups excluding carboxylic acids is 3. The fraction of sp³-hybridized carbons (Fsp3) is 0.676. The second-order valence-electron chi connectivity index (χ2n) is 14.1. The Bertz CT molecular complexity index is 1290. The van der Waals surface area contributed by atoms with Crippen molar-refractivity contribution < 1.29 is 19.1 Å². The molecule has 2 N–H and O–H groups in total. The lowest BCUT2D eigenvalue weighted by Gasteiger charge is -2.47. The molecule has 2 aromatic rings. The zero-order valence-electron chi connectivity index (χ0n) is 30.2. The fourth-order valence-electron chi connectivity index (χ4n) is 6.69. The van der Waals surface area contributed by atoms with E-state index in [1.165, 1.54) is 24.9 Å². The molecule has 0 aliphatic carbocycles. The molecule has 1 aliphatic rings. The van der Waals surface area contributed by atoms with Crippen LogP contribution in [0.4, 0.5) is 0 Å². The molecule has 9 nitrogen and oxygen atoms in total. The topological polar surface area (TPSA) is 104 Å². The van der Waals surface area contributed by atoms with Crippen molar-refractivity contribution in [3.05, 3.63) is 52.0 Å². The second-order valence-corrected chi connectivity index (χ2v) is 15.0. The summed E-state index contributed by atoms with van der Waals surface area (Å²) < 4.78 is 4.93. The molecule has 0 radical (unpaired) electrons. The Morgan fingerprint density at radius 3 is 2.45 bits per heavy atom. The van der Waals surface area contributed by atoms with Crippen LogP contribution in [0.5, 0.6) is 0 Å². The van der Waals surface area contributed by atoms with E-state index < -0.39 is 0 Å². The number of aryl methyl sites for hydroxylation is 1. The number of benzene rings is 1. The third kappa shape index (κ3) is 10.8. The Balaban J connectivity index is 1.68. The first-order valence-corrected chi connectivity index (χ1v) is 18.3. The molecule has 1 saturated heterocycles. The van der Waals surface area contributed by atoms with Crippen LogP contribution in [0.1, 0.15) is 101 Å². The normalized spacial score (nSPS) is 20.2. The lowest BCUT2D eigenvalue weighted by Crippen LogP contribution is -2.65. The molecule has 10 heteroatoms. The van der Waals surface area contributed by atoms with Crippen molar-refractivity contribution in [2.75, 3.05) is 27.7 Å². The standard InChI is InChI=1S/C37H59N5O4S/c1-10-26(4)33(40-37(6)20-14-15-21-41(37)7)35(44)42(8)31(25(2)3)18-19-32-39-30(24-47-32)34(43)38-29(22-27(5)36(45)46-9)23-28-16-12-11-13-17-28/h11-13,16-17,24-27,29,31,33,40H,10,14-15,18-23H2,1-9H3,(H,38,43)/t26-,27-,29+,31-,33-,37+/m0/s1. The van der Waals surface area contributed by atoms with Crippen molar-refractivity contribution >= 4 is 29.1 Å². The SMILES string of the molecule is CC[C@H](C)[C@H](N[C@@]1(C)CCCCN1C)C(=O)N(C)[C@@H](CCc1nc(C(=O)N[C@@H](Cc2ccccc2)C[C@H](C)C(=O)OC)cs1)C(C)C. The molecule has 1 aliphatic heterocycles. The van der Waals surface area contributed by atoms with Gasteiger partial charge in [0.1, 0.15) is 5.69 Å². The second kappa shape index (κ2) is 18.1. The number of esters is 1. The van der Waals surface area contributed by atoms with E-state index in [0.717, 1.165) is 42.8 Å². The summed E-state index contributed by atoms with van der Waals surface area (Å²) in [5.74, 6) is -0.295. The van der Waals surface area contributed by atoms with E-state index in [0.29, 0.717) is 25.0 Å². The van der Waals surface area contributed by atoms with Crippen molar-refractivity contribution in [3.8, 4) is 0 Å². The molecule has 1 fully saturated rings. The molecular weight excluding hydrogens is 611 g/mol. The number of piperidine rings is 1. The van der Waals surface area contributed by atoms with Gasteiger partial charge in [-0.1, -0.05) is 71.4 Å². The number of rotatable bonds is 17. The highest BCUT2D eigenvalue weighted by Gasteiger charge is 2.39. The first kappa shape index (κ1) is 38.6. The van der Waals surface area contributed by atoms with Crippen molar-refractivity contribution in [3.63, 3.8) is 0 Å². The minimum Gasteiger partial charge on any atom is -0.469 e. The van der Waals surface area contributed by atoms with Gasteiger partial charge in [0, 0.05) is 30.9 Å². The van der Waals surface area contributed by atoms with E-state index in [2.05, 4.69) is 57.2 Å². The number of likely N-dealkylation sites (N-methyl/N-ethyl adjacent to an activating group) is 1. The number of aromatic nitrogens is 1. The van der Waals surface area contributed by atoms with Gasteiger partial charge in [-0.3, -0.25) is 24.6 Å². The highest BCUT2D eigenvalue weighted by molar-refractivity contribution is 7.09. The molecule has 1 aromatic heterocycles. The molecule has 3 rings (SSSR count). The molecule has 2 heterocycles. The van der Waals surface area contributed by atoms with Crippen LogP contribution in [0.15, 0.2) is 35.7 Å². The van der Waals surface area contributed by atoms with Crippen LogP contribution in [-0.2, 0) is 27.2 Å². The highest BCUT2D eigenvalue weighted by Crippen LogP contribution is 2.28. The summed E-state index contributed by atoms with van der Waals surface area (Å²) in [5, 5.41) is 9.60. The van der Waals surface area contributed by atoms with E-state index >= 15 is 0 Å². The van der Waals surface area contributed by atoms with E-state index in [1.807, 2.05) is 49.2 Å². The maximum atomic E-state index is 14.1. The highest BCUT2D eigenvalue weighted by atomic mass is 32.1. The fourth-order valence-corrected chi connectivity index (χ4v) is 7.48. The summed E-state index contributed by atoms with van der Waals surface area (Å²) in [4.78, 5) is 48.7. The molecule has 0 saturated carbocycles. The van der Waals surface area contributed by atoms with E-state index in [1.54, 1.807) is 5.38 Å². The van der Waals surface area contributed by atoms with Crippen LogP contribution in [-0.4, -0.2) is 84.1 Å². The molecule has 2 amide bonds. The summed E-state index contributed by atoms with van der Waals surface area (Å²) in [7, 11) is 5.48. The predicted molar refractivity (Wildman–Crippen MR) is 190 cm³/mol. The van der Waals surface area contributed by atoms with Crippen molar-refractivity contribution in [2.24, 2.45) is 17.8 Å². The summed E-state index contributed by atoms with van der Waals surface area (Å²) in [5.41, 5.74) is 1.26. The zero-order chi connectivity index (χ0) is 34.7. The number of nitrogens with zero attached hydrogens (tertiary/aromatic N) is 3. The molecule has 262 valence electrons. The molecule has 1 aromatic carbocycles. The Kier molecular flexibility index (Phi) is 14.9. The first-order valence-electron chi connectivity index (χ1n) is 17.4. The molecule has 0 bridgehead atoms. The van der Waals surface area contributed by atoms with E-state index in [-0.39, 0.29) is 59.3 Å². The monoisotopic (exact) mass is 669 g/mol. The smallest absolute Gasteiger partial charge is 0.308 e. The number of ether oxygens (including phenoxy) is 1. The Hall–Kier alpha value is -2.82. The Morgan fingerprint density at radius 1 is 1.13 bits per heavy atom. The number of amides is 2. The van der Waals surface area contributed by atoms with Crippen LogP contribution in [0, 0.1) is 17.8 Å². The Labute approximate surface area is 287 Å². The van der Waals surface area contributed by atoms with Crippen LogP contribution >= 0.6 is 11.3 Å². The maximum Gasteiger partial charge on any atom is 0.308 e. The third-order valence-electron chi connectivity index (χ3n) is 10.1. The predicted octanol–water partition coefficient (Wildman–Crippen LogP) is 5.94. The van der Waals surface area contributed by atoms with Gasteiger partial charge >= 0.3 is 5.97 Å². The quantitative estimate of drug-likeness (QED) is 0.201.